The highest BCUT2D eigenvalue weighted by Crippen LogP contribution is 2.24. The van der Waals surface area contributed by atoms with Crippen molar-refractivity contribution in [3.05, 3.63) is 47.7 Å². The number of aryl methyl sites for hydroxylation is 1. The first kappa shape index (κ1) is 18.2. The normalized spacial score (nSPS) is 14.9. The molecule has 26 heavy (non-hydrogen) atoms. The number of carboxylic acids is 1. The number of ether oxygens (including phenoxy) is 1. The molecule has 138 valence electrons. The summed E-state index contributed by atoms with van der Waals surface area (Å²) >= 11 is 0. The zero-order valence-corrected chi connectivity index (χ0v) is 15.0. The molecule has 0 aliphatic carbocycles. The summed E-state index contributed by atoms with van der Waals surface area (Å²) in [6, 6.07) is 7.74. The van der Waals surface area contributed by atoms with Gasteiger partial charge in [-0.2, -0.15) is 0 Å². The molecule has 0 spiro atoms. The monoisotopic (exact) mass is 377 g/mol. The Morgan fingerprint density at radius 2 is 2.00 bits per heavy atom. The second kappa shape index (κ2) is 7.30. The summed E-state index contributed by atoms with van der Waals surface area (Å²) in [6.07, 6.45) is 1.32. The molecule has 1 aliphatic rings. The highest BCUT2D eigenvalue weighted by molar-refractivity contribution is 7.92. The van der Waals surface area contributed by atoms with Crippen molar-refractivity contribution < 1.29 is 23.1 Å². The number of hydrogen-bond acceptors (Lipinski definition) is 6. The number of carboxylic acid groups (broad SMARTS) is 1. The van der Waals surface area contributed by atoms with Gasteiger partial charge in [0.2, 0.25) is 0 Å². The second-order valence-corrected chi connectivity index (χ2v) is 7.60. The van der Waals surface area contributed by atoms with Crippen LogP contribution in [0.3, 0.4) is 0 Å². The van der Waals surface area contributed by atoms with Gasteiger partial charge in [0.1, 0.15) is 11.4 Å². The van der Waals surface area contributed by atoms with E-state index in [1.54, 1.807) is 19.1 Å². The van der Waals surface area contributed by atoms with E-state index in [-0.39, 0.29) is 16.1 Å². The zero-order valence-electron chi connectivity index (χ0n) is 14.2. The van der Waals surface area contributed by atoms with Crippen LogP contribution >= 0.6 is 0 Å². The number of hydrogen-bond donors (Lipinski definition) is 2. The number of carbonyl (C=O) groups is 1. The third kappa shape index (κ3) is 3.94. The molecule has 0 saturated carbocycles. The first-order chi connectivity index (χ1) is 12.4. The molecule has 0 amide bonds. The minimum atomic E-state index is -3.83. The lowest BCUT2D eigenvalue weighted by Gasteiger charge is -2.28. The molecule has 0 bridgehead atoms. The van der Waals surface area contributed by atoms with Gasteiger partial charge < -0.3 is 14.7 Å². The molecule has 0 unspecified atom stereocenters. The number of morpholine rings is 1. The van der Waals surface area contributed by atoms with Crippen LogP contribution in [0.2, 0.25) is 0 Å². The number of nitrogens with zero attached hydrogens (tertiary/aromatic N) is 2. The zero-order chi connectivity index (χ0) is 18.7. The van der Waals surface area contributed by atoms with Crippen molar-refractivity contribution in [1.82, 2.24) is 4.98 Å². The molecule has 1 saturated heterocycles. The molecule has 1 aromatic carbocycles. The molecular weight excluding hydrogens is 358 g/mol. The van der Waals surface area contributed by atoms with Crippen molar-refractivity contribution in [3.63, 3.8) is 0 Å². The molecule has 9 heteroatoms. The van der Waals surface area contributed by atoms with Gasteiger partial charge in [0, 0.05) is 13.1 Å². The molecule has 2 heterocycles. The van der Waals surface area contributed by atoms with Gasteiger partial charge in [0.25, 0.3) is 10.0 Å². The van der Waals surface area contributed by atoms with Gasteiger partial charge in [-0.15, -0.1) is 0 Å². The maximum atomic E-state index is 12.5. The van der Waals surface area contributed by atoms with E-state index in [1.807, 2.05) is 4.90 Å². The van der Waals surface area contributed by atoms with Crippen LogP contribution in [0.1, 0.15) is 15.9 Å². The predicted molar refractivity (Wildman–Crippen MR) is 96.2 cm³/mol. The van der Waals surface area contributed by atoms with Gasteiger partial charge in [-0.3, -0.25) is 4.72 Å². The van der Waals surface area contributed by atoms with Gasteiger partial charge in [-0.1, -0.05) is 12.1 Å². The van der Waals surface area contributed by atoms with Crippen molar-refractivity contribution in [1.29, 1.82) is 0 Å². The van der Waals surface area contributed by atoms with Crippen LogP contribution in [-0.2, 0) is 14.8 Å². The lowest BCUT2D eigenvalue weighted by atomic mass is 10.2. The quantitative estimate of drug-likeness (QED) is 0.817. The van der Waals surface area contributed by atoms with Crippen molar-refractivity contribution in [2.24, 2.45) is 0 Å². The van der Waals surface area contributed by atoms with Gasteiger partial charge in [0.05, 0.1) is 30.0 Å². The Bertz CT molecular complexity index is 924. The van der Waals surface area contributed by atoms with E-state index >= 15 is 0 Å². The van der Waals surface area contributed by atoms with E-state index in [2.05, 4.69) is 9.71 Å². The third-order valence-electron chi connectivity index (χ3n) is 3.96. The smallest absolute Gasteiger partial charge is 0.339 e. The van der Waals surface area contributed by atoms with Crippen molar-refractivity contribution in [2.45, 2.75) is 11.8 Å². The molecule has 0 atom stereocenters. The van der Waals surface area contributed by atoms with E-state index in [1.165, 1.54) is 24.4 Å². The van der Waals surface area contributed by atoms with E-state index in [4.69, 9.17) is 4.74 Å². The number of rotatable bonds is 5. The van der Waals surface area contributed by atoms with Gasteiger partial charge in [-0.25, -0.2) is 18.2 Å². The van der Waals surface area contributed by atoms with Crippen LogP contribution in [0, 0.1) is 6.92 Å². The van der Waals surface area contributed by atoms with Crippen LogP contribution in [0.4, 0.5) is 11.5 Å². The summed E-state index contributed by atoms with van der Waals surface area (Å²) in [5.41, 5.74) is 0.845. The molecule has 0 radical (unpaired) electrons. The number of benzene rings is 1. The van der Waals surface area contributed by atoms with E-state index in [0.29, 0.717) is 32.1 Å². The largest absolute Gasteiger partial charge is 0.478 e. The number of anilines is 2. The summed E-state index contributed by atoms with van der Waals surface area (Å²) in [7, 11) is -3.83. The summed E-state index contributed by atoms with van der Waals surface area (Å²) in [6.45, 7) is 3.83. The highest BCUT2D eigenvalue weighted by atomic mass is 32.2. The van der Waals surface area contributed by atoms with Gasteiger partial charge >= 0.3 is 5.97 Å². The summed E-state index contributed by atoms with van der Waals surface area (Å²) in [4.78, 5) is 17.7. The Kier molecular flexibility index (Phi) is 5.10. The molecule has 8 nitrogen and oxygen atoms in total. The lowest BCUT2D eigenvalue weighted by Crippen LogP contribution is -2.37. The first-order valence-electron chi connectivity index (χ1n) is 8.02. The fourth-order valence-electron chi connectivity index (χ4n) is 2.69. The Morgan fingerprint density at radius 1 is 1.27 bits per heavy atom. The third-order valence-corrected chi connectivity index (χ3v) is 5.34. The van der Waals surface area contributed by atoms with Crippen molar-refractivity contribution in [3.8, 4) is 0 Å². The molecule has 1 aliphatic heterocycles. The van der Waals surface area contributed by atoms with Crippen LogP contribution in [0.25, 0.3) is 0 Å². The number of nitrogens with one attached hydrogen (secondary N) is 1. The minimum absolute atomic E-state index is 0.0589. The average Bonchev–Trinajstić information content (AvgIpc) is 2.62. The molecule has 1 fully saturated rings. The van der Waals surface area contributed by atoms with Crippen LogP contribution in [-0.4, -0.2) is 50.8 Å². The number of sulfonamides is 1. The average molecular weight is 377 g/mol. The minimum Gasteiger partial charge on any atom is -0.478 e. The van der Waals surface area contributed by atoms with Crippen LogP contribution in [0.5, 0.6) is 0 Å². The van der Waals surface area contributed by atoms with E-state index in [0.717, 1.165) is 5.56 Å². The Morgan fingerprint density at radius 3 is 2.65 bits per heavy atom. The predicted octanol–water partition coefficient (Wildman–Crippen LogP) is 1.73. The Labute approximate surface area is 151 Å². The Balaban J connectivity index is 1.91. The summed E-state index contributed by atoms with van der Waals surface area (Å²) in [5, 5.41) is 9.50. The molecule has 2 N–H and O–H groups in total. The molecule has 3 rings (SSSR count). The van der Waals surface area contributed by atoms with E-state index in [9.17, 15) is 18.3 Å². The Hall–Kier alpha value is -2.65. The number of pyridine rings is 1. The summed E-state index contributed by atoms with van der Waals surface area (Å²) < 4.78 is 32.7. The van der Waals surface area contributed by atoms with Crippen molar-refractivity contribution >= 4 is 27.5 Å². The molecule has 1 aromatic heterocycles. The van der Waals surface area contributed by atoms with Crippen LogP contribution in [0.15, 0.2) is 41.4 Å². The second-order valence-electron chi connectivity index (χ2n) is 5.92. The van der Waals surface area contributed by atoms with Gasteiger partial charge in [0.15, 0.2) is 0 Å². The first-order valence-corrected chi connectivity index (χ1v) is 9.51. The van der Waals surface area contributed by atoms with Crippen molar-refractivity contribution in [2.75, 3.05) is 35.9 Å². The fraction of sp³-hybridized carbons (Fsp3) is 0.294. The summed E-state index contributed by atoms with van der Waals surface area (Å²) in [5.74, 6) is -0.866. The number of aromatic nitrogens is 1. The molecular formula is C17H19N3O5S. The highest BCUT2D eigenvalue weighted by Gasteiger charge is 2.22. The number of aromatic carboxylic acids is 1. The standard InChI is InChI=1S/C17H19N3O5S/c1-12-3-2-4-14(9-12)26(23,24)19-13-10-15(17(21)22)16(18-11-13)20-5-7-25-8-6-20/h2-4,9-11,19H,5-8H2,1H3,(H,21,22). The fourth-order valence-corrected chi connectivity index (χ4v) is 3.83. The van der Waals surface area contributed by atoms with Crippen LogP contribution < -0.4 is 9.62 Å². The lowest BCUT2D eigenvalue weighted by molar-refractivity contribution is 0.0696. The maximum absolute atomic E-state index is 12.5. The SMILES string of the molecule is Cc1cccc(S(=O)(=O)Nc2cnc(N3CCOCC3)c(C(=O)O)c2)c1. The molecule has 2 aromatic rings. The topological polar surface area (TPSA) is 109 Å². The maximum Gasteiger partial charge on any atom is 0.339 e. The van der Waals surface area contributed by atoms with E-state index < -0.39 is 16.0 Å². The van der Waals surface area contributed by atoms with Gasteiger partial charge in [-0.05, 0) is 30.7 Å².